The fraction of sp³-hybridized carbons (Fsp3) is 0.731. The Morgan fingerprint density at radius 2 is 1.19 bits per heavy atom. The zero-order valence-electron chi connectivity index (χ0n) is 19.6. The van der Waals surface area contributed by atoms with E-state index in [1.165, 1.54) is 89.9 Å². The summed E-state index contributed by atoms with van der Waals surface area (Å²) in [6.45, 7) is 2.27. The number of carbonyl (C=O) groups is 1. The fourth-order valence-electron chi connectivity index (χ4n) is 4.13. The van der Waals surface area contributed by atoms with Crippen molar-refractivity contribution in [3.63, 3.8) is 0 Å². The third-order valence-electron chi connectivity index (χ3n) is 5.99. The minimum absolute atomic E-state index is 0.469. The Balaban J connectivity index is 2.02. The Kier molecular flexibility index (Phi) is 17.5. The highest BCUT2D eigenvalue weighted by atomic mass is 32.2. The summed E-state index contributed by atoms with van der Waals surface area (Å²) in [5.74, 6) is -1.09. The molecule has 1 rings (SSSR count). The summed E-state index contributed by atoms with van der Waals surface area (Å²) >= 11 is -2.56. The van der Waals surface area contributed by atoms with E-state index < -0.39 is 23.2 Å². The number of hydrogen-bond acceptors (Lipinski definition) is 3. The molecule has 0 bridgehead atoms. The van der Waals surface area contributed by atoms with Crippen LogP contribution in [-0.2, 0) is 20.3 Å². The molecule has 31 heavy (non-hydrogen) atoms. The molecule has 1 aromatic rings. The molecular weight excluding hydrogens is 408 g/mol. The molecule has 0 aromatic heterocycles. The van der Waals surface area contributed by atoms with Gasteiger partial charge in [0.15, 0.2) is 0 Å². The van der Waals surface area contributed by atoms with Gasteiger partial charge in [0, 0.05) is 0 Å². The maximum Gasteiger partial charge on any atom is 0.360 e. The first-order valence-corrected chi connectivity index (χ1v) is 13.6. The van der Waals surface area contributed by atoms with Gasteiger partial charge in [-0.2, -0.15) is 4.21 Å². The van der Waals surface area contributed by atoms with Crippen LogP contribution in [0, 0.1) is 0 Å². The van der Waals surface area contributed by atoms with E-state index in [9.17, 15) is 9.00 Å². The van der Waals surface area contributed by atoms with Gasteiger partial charge in [-0.1, -0.05) is 140 Å². The van der Waals surface area contributed by atoms with Gasteiger partial charge in [0.2, 0.25) is 0 Å². The number of unbranched alkanes of at least 4 members (excludes halogenated alkanes) is 15. The van der Waals surface area contributed by atoms with Crippen LogP contribution in [0.4, 0.5) is 0 Å². The molecule has 0 fully saturated rings. The lowest BCUT2D eigenvalue weighted by Crippen LogP contribution is -2.17. The molecule has 0 spiro atoms. The SMILES string of the molecule is CCCCCCCCCCCCCCCCCCC(C(=O)OS(=O)O)c1ccccc1. The largest absolute Gasteiger partial charge is 0.360 e. The third-order valence-corrected chi connectivity index (χ3v) is 6.29. The number of benzene rings is 1. The van der Waals surface area contributed by atoms with Gasteiger partial charge in [-0.05, 0) is 12.0 Å². The molecule has 4 nitrogen and oxygen atoms in total. The Hall–Kier alpha value is -1.20. The molecule has 1 aromatic carbocycles. The molecule has 0 radical (unpaired) electrons. The van der Waals surface area contributed by atoms with Crippen LogP contribution in [0.3, 0.4) is 0 Å². The number of carbonyl (C=O) groups excluding carboxylic acids is 1. The summed E-state index contributed by atoms with van der Waals surface area (Å²) in [7, 11) is 0. The van der Waals surface area contributed by atoms with Crippen molar-refractivity contribution in [1.29, 1.82) is 0 Å². The van der Waals surface area contributed by atoms with E-state index in [0.29, 0.717) is 6.42 Å². The molecule has 0 amide bonds. The van der Waals surface area contributed by atoms with Gasteiger partial charge in [0.25, 0.3) is 0 Å². The zero-order chi connectivity index (χ0) is 22.6. The van der Waals surface area contributed by atoms with Crippen molar-refractivity contribution < 1.29 is 17.7 Å². The summed E-state index contributed by atoms with van der Waals surface area (Å²) in [5.41, 5.74) is 0.846. The Morgan fingerprint density at radius 1 is 0.774 bits per heavy atom. The van der Waals surface area contributed by atoms with Crippen LogP contribution in [-0.4, -0.2) is 14.7 Å². The number of hydrogen-bond donors (Lipinski definition) is 1. The molecule has 0 saturated heterocycles. The van der Waals surface area contributed by atoms with E-state index >= 15 is 0 Å². The average Bonchev–Trinajstić information content (AvgIpc) is 2.76. The van der Waals surface area contributed by atoms with Gasteiger partial charge in [0.05, 0.1) is 5.92 Å². The molecule has 5 heteroatoms. The zero-order valence-corrected chi connectivity index (χ0v) is 20.4. The van der Waals surface area contributed by atoms with Gasteiger partial charge in [-0.3, -0.25) is 9.35 Å². The predicted molar refractivity (Wildman–Crippen MR) is 130 cm³/mol. The normalized spacial score (nSPS) is 13.1. The lowest BCUT2D eigenvalue weighted by molar-refractivity contribution is -0.135. The first-order valence-electron chi connectivity index (χ1n) is 12.5. The summed E-state index contributed by atoms with van der Waals surface area (Å²) in [6, 6.07) is 9.39. The van der Waals surface area contributed by atoms with Crippen LogP contribution < -0.4 is 0 Å². The predicted octanol–water partition coefficient (Wildman–Crippen LogP) is 8.10. The maximum atomic E-state index is 12.2. The summed E-state index contributed by atoms with van der Waals surface area (Å²) < 4.78 is 24.2. The van der Waals surface area contributed by atoms with Gasteiger partial charge in [-0.15, -0.1) is 0 Å². The Bertz CT molecular complexity index is 576. The van der Waals surface area contributed by atoms with Crippen LogP contribution in [0.5, 0.6) is 0 Å². The van der Waals surface area contributed by atoms with Crippen molar-refractivity contribution in [2.75, 3.05) is 0 Å². The van der Waals surface area contributed by atoms with Crippen molar-refractivity contribution in [3.05, 3.63) is 35.9 Å². The highest BCUT2D eigenvalue weighted by molar-refractivity contribution is 7.74. The van der Waals surface area contributed by atoms with Crippen molar-refractivity contribution in [2.45, 2.75) is 122 Å². The highest BCUT2D eigenvalue weighted by Crippen LogP contribution is 2.25. The molecule has 0 aliphatic rings. The van der Waals surface area contributed by atoms with Crippen molar-refractivity contribution in [3.8, 4) is 0 Å². The molecule has 2 atom stereocenters. The molecule has 1 N–H and O–H groups in total. The quantitative estimate of drug-likeness (QED) is 0.160. The van der Waals surface area contributed by atoms with E-state index in [1.807, 2.05) is 30.3 Å². The molecule has 0 aliphatic carbocycles. The molecule has 2 unspecified atom stereocenters. The van der Waals surface area contributed by atoms with Crippen molar-refractivity contribution in [2.24, 2.45) is 0 Å². The maximum absolute atomic E-state index is 12.2. The second kappa shape index (κ2) is 19.5. The second-order valence-corrected chi connectivity index (χ2v) is 9.28. The lowest BCUT2D eigenvalue weighted by atomic mass is 9.93. The third kappa shape index (κ3) is 15.3. The topological polar surface area (TPSA) is 63.6 Å². The van der Waals surface area contributed by atoms with Crippen LogP contribution in [0.25, 0.3) is 0 Å². The van der Waals surface area contributed by atoms with Crippen LogP contribution >= 0.6 is 0 Å². The van der Waals surface area contributed by atoms with E-state index in [0.717, 1.165) is 18.4 Å². The minimum atomic E-state index is -2.56. The van der Waals surface area contributed by atoms with Crippen LogP contribution in [0.2, 0.25) is 0 Å². The molecule has 0 heterocycles. The highest BCUT2D eigenvalue weighted by Gasteiger charge is 2.23. The lowest BCUT2D eigenvalue weighted by Gasteiger charge is -2.14. The summed E-state index contributed by atoms with van der Waals surface area (Å²) in [5, 5.41) is 0. The van der Waals surface area contributed by atoms with Crippen molar-refractivity contribution >= 4 is 17.3 Å². The van der Waals surface area contributed by atoms with E-state index in [1.54, 1.807) is 0 Å². The fourth-order valence-corrected chi connectivity index (χ4v) is 4.39. The molecule has 0 saturated carbocycles. The monoisotopic (exact) mass is 452 g/mol. The van der Waals surface area contributed by atoms with Gasteiger partial charge < -0.3 is 4.18 Å². The number of rotatable bonds is 20. The van der Waals surface area contributed by atoms with Gasteiger partial charge in [-0.25, -0.2) is 0 Å². The first kappa shape index (κ1) is 27.8. The summed E-state index contributed by atoms with van der Waals surface area (Å²) in [4.78, 5) is 12.2. The molecular formula is C26H44O4S. The van der Waals surface area contributed by atoms with Gasteiger partial charge >= 0.3 is 17.3 Å². The Morgan fingerprint density at radius 3 is 1.61 bits per heavy atom. The molecule has 0 aliphatic heterocycles. The Labute approximate surface area is 193 Å². The summed E-state index contributed by atoms with van der Waals surface area (Å²) in [6.07, 6.45) is 21.6. The van der Waals surface area contributed by atoms with E-state index in [-0.39, 0.29) is 0 Å². The van der Waals surface area contributed by atoms with E-state index in [4.69, 9.17) is 4.55 Å². The average molecular weight is 453 g/mol. The second-order valence-electron chi connectivity index (χ2n) is 8.67. The smallest absolute Gasteiger partial charge is 0.343 e. The van der Waals surface area contributed by atoms with Gasteiger partial charge in [0.1, 0.15) is 0 Å². The standard InChI is InChI=1S/C26H44O4S/c1-2-3-4-5-6-7-8-9-10-11-12-13-14-15-16-20-23-25(26(27)30-31(28)29)24-21-18-17-19-22-24/h17-19,21-22,25H,2-16,20,23H2,1H3,(H,28,29). The first-order chi connectivity index (χ1) is 15.1. The van der Waals surface area contributed by atoms with Crippen LogP contribution in [0.1, 0.15) is 128 Å². The van der Waals surface area contributed by atoms with E-state index in [2.05, 4.69) is 11.1 Å². The van der Waals surface area contributed by atoms with Crippen LogP contribution in [0.15, 0.2) is 30.3 Å². The molecule has 178 valence electrons. The van der Waals surface area contributed by atoms with Crippen molar-refractivity contribution in [1.82, 2.24) is 0 Å². The minimum Gasteiger partial charge on any atom is -0.343 e.